The molecule has 4 rings (SSSR count). The average molecular weight is 571 g/mol. The van der Waals surface area contributed by atoms with Gasteiger partial charge < -0.3 is 41.6 Å². The molecule has 1 amide bonds. The zero-order valence-corrected chi connectivity index (χ0v) is 23.9. The Labute approximate surface area is 242 Å². The Morgan fingerprint density at radius 3 is 2.27 bits per heavy atom. The van der Waals surface area contributed by atoms with E-state index in [1.807, 2.05) is 12.1 Å². The molecular formula is C29H46N8O4. The minimum Gasteiger partial charge on any atom is -0.393 e. The zero-order chi connectivity index (χ0) is 28.7. The lowest BCUT2D eigenvalue weighted by Gasteiger charge is -2.26. The number of aliphatic hydroxyl groups excluding tert-OH is 1. The van der Waals surface area contributed by atoms with E-state index in [4.69, 9.17) is 15.2 Å². The summed E-state index contributed by atoms with van der Waals surface area (Å²) in [5.41, 5.74) is 6.68. The third kappa shape index (κ3) is 11.0. The molecule has 0 saturated heterocycles. The molecule has 2 fully saturated rings. The number of hydrogen-bond donors (Lipinski definition) is 6. The van der Waals surface area contributed by atoms with E-state index in [0.717, 1.165) is 37.9 Å². The van der Waals surface area contributed by atoms with E-state index in [-0.39, 0.29) is 18.1 Å². The van der Waals surface area contributed by atoms with Gasteiger partial charge in [-0.25, -0.2) is 0 Å². The van der Waals surface area contributed by atoms with Crippen LogP contribution in [0.4, 0.5) is 23.5 Å². The molecule has 1 aromatic carbocycles. The molecular weight excluding hydrogens is 524 g/mol. The number of anilines is 4. The first-order valence-corrected chi connectivity index (χ1v) is 15.0. The molecule has 1 heterocycles. The summed E-state index contributed by atoms with van der Waals surface area (Å²) in [4.78, 5) is 26.4. The summed E-state index contributed by atoms with van der Waals surface area (Å²) in [5.74, 6) is 1.94. The van der Waals surface area contributed by atoms with Gasteiger partial charge in [0.15, 0.2) is 0 Å². The maximum absolute atomic E-state index is 12.5. The zero-order valence-electron chi connectivity index (χ0n) is 23.9. The first-order chi connectivity index (χ1) is 20.1. The summed E-state index contributed by atoms with van der Waals surface area (Å²) in [6.07, 6.45) is 9.43. The lowest BCUT2D eigenvalue weighted by molar-refractivity contribution is 0.0511. The van der Waals surface area contributed by atoms with Crippen LogP contribution < -0.4 is 27.0 Å². The molecule has 0 aliphatic heterocycles. The molecule has 0 bridgehead atoms. The van der Waals surface area contributed by atoms with Gasteiger partial charge in [0.2, 0.25) is 17.8 Å². The van der Waals surface area contributed by atoms with E-state index in [1.165, 1.54) is 32.1 Å². The number of amides is 1. The van der Waals surface area contributed by atoms with Gasteiger partial charge in [-0.15, -0.1) is 0 Å². The molecule has 0 atom stereocenters. The van der Waals surface area contributed by atoms with E-state index in [2.05, 4.69) is 36.2 Å². The highest BCUT2D eigenvalue weighted by Gasteiger charge is 2.21. The van der Waals surface area contributed by atoms with Crippen molar-refractivity contribution in [3.05, 3.63) is 29.8 Å². The van der Waals surface area contributed by atoms with E-state index in [1.54, 1.807) is 12.1 Å². The van der Waals surface area contributed by atoms with Gasteiger partial charge in [0.05, 0.1) is 32.5 Å². The van der Waals surface area contributed by atoms with E-state index < -0.39 is 0 Å². The predicted molar refractivity (Wildman–Crippen MR) is 160 cm³/mol. The van der Waals surface area contributed by atoms with Gasteiger partial charge in [-0.05, 0) is 68.7 Å². The summed E-state index contributed by atoms with van der Waals surface area (Å²) in [6, 6.07) is 7.39. The number of nitrogens with zero attached hydrogens (tertiary/aromatic N) is 3. The first kappa shape index (κ1) is 30.9. The molecule has 12 nitrogen and oxygen atoms in total. The van der Waals surface area contributed by atoms with Crippen molar-refractivity contribution in [3.63, 3.8) is 0 Å². The van der Waals surface area contributed by atoms with Crippen LogP contribution in [0.15, 0.2) is 24.3 Å². The Bertz CT molecular complexity index is 1040. The third-order valence-corrected chi connectivity index (χ3v) is 7.51. The van der Waals surface area contributed by atoms with Crippen molar-refractivity contribution in [2.75, 3.05) is 62.0 Å². The smallest absolute Gasteiger partial charge is 0.251 e. The van der Waals surface area contributed by atoms with Gasteiger partial charge in [0.1, 0.15) is 0 Å². The van der Waals surface area contributed by atoms with Gasteiger partial charge >= 0.3 is 0 Å². The second-order valence-corrected chi connectivity index (χ2v) is 10.8. The maximum Gasteiger partial charge on any atom is 0.251 e. The SMILES string of the molecule is NCCOCCOCCNC(=O)c1ccc(Nc2nc(NCC3CCCCC3)nc(NC3CCC(O)CC3)n2)cc1. The molecule has 7 N–H and O–H groups in total. The second-order valence-electron chi connectivity index (χ2n) is 10.8. The lowest BCUT2D eigenvalue weighted by Crippen LogP contribution is -2.29. The lowest BCUT2D eigenvalue weighted by atomic mass is 9.89. The molecule has 12 heteroatoms. The van der Waals surface area contributed by atoms with Gasteiger partial charge in [-0.2, -0.15) is 15.0 Å². The van der Waals surface area contributed by atoms with Gasteiger partial charge in [-0.1, -0.05) is 19.3 Å². The van der Waals surface area contributed by atoms with Crippen molar-refractivity contribution in [2.24, 2.45) is 11.7 Å². The number of aliphatic hydroxyl groups is 1. The molecule has 1 aromatic heterocycles. The molecule has 0 unspecified atom stereocenters. The fourth-order valence-electron chi connectivity index (χ4n) is 5.18. The number of rotatable bonds is 16. The fraction of sp³-hybridized carbons (Fsp3) is 0.655. The summed E-state index contributed by atoms with van der Waals surface area (Å²) in [6.45, 7) is 3.62. The summed E-state index contributed by atoms with van der Waals surface area (Å²) >= 11 is 0. The highest BCUT2D eigenvalue weighted by atomic mass is 16.5. The molecule has 0 radical (unpaired) electrons. The Kier molecular flexibility index (Phi) is 12.8. The minimum absolute atomic E-state index is 0.169. The number of carbonyl (C=O) groups excluding carboxylic acids is 1. The number of hydrogen-bond acceptors (Lipinski definition) is 11. The van der Waals surface area contributed by atoms with Crippen LogP contribution in [0.25, 0.3) is 0 Å². The van der Waals surface area contributed by atoms with E-state index in [0.29, 0.717) is 68.8 Å². The third-order valence-electron chi connectivity index (χ3n) is 7.51. The van der Waals surface area contributed by atoms with Crippen molar-refractivity contribution >= 4 is 29.4 Å². The maximum atomic E-state index is 12.5. The van der Waals surface area contributed by atoms with E-state index >= 15 is 0 Å². The standard InChI is InChI=1S/C29H46N8O4/c30-14-16-40-18-19-41-17-15-31-26(39)22-6-8-23(9-7-22)33-28-35-27(32-20-21-4-2-1-3-5-21)36-29(37-28)34-24-10-12-25(38)13-11-24/h6-9,21,24-25,38H,1-5,10-20,30H2,(H,31,39)(H3,32,33,34,35,36,37). The summed E-state index contributed by atoms with van der Waals surface area (Å²) in [7, 11) is 0. The predicted octanol–water partition coefficient (Wildman–Crippen LogP) is 3.04. The largest absolute Gasteiger partial charge is 0.393 e. The van der Waals surface area contributed by atoms with Crippen molar-refractivity contribution in [1.82, 2.24) is 20.3 Å². The van der Waals surface area contributed by atoms with Crippen LogP contribution in [0, 0.1) is 5.92 Å². The van der Waals surface area contributed by atoms with Crippen LogP contribution in [0.5, 0.6) is 0 Å². The highest BCUT2D eigenvalue weighted by Crippen LogP contribution is 2.25. The number of carbonyl (C=O) groups is 1. The van der Waals surface area contributed by atoms with Crippen molar-refractivity contribution < 1.29 is 19.4 Å². The number of nitrogens with one attached hydrogen (secondary N) is 4. The van der Waals surface area contributed by atoms with Crippen LogP contribution in [0.1, 0.15) is 68.1 Å². The van der Waals surface area contributed by atoms with Crippen LogP contribution >= 0.6 is 0 Å². The highest BCUT2D eigenvalue weighted by molar-refractivity contribution is 5.94. The summed E-state index contributed by atoms with van der Waals surface area (Å²) < 4.78 is 10.7. The second kappa shape index (κ2) is 17.0. The Balaban J connectivity index is 1.31. The van der Waals surface area contributed by atoms with Crippen molar-refractivity contribution in [1.29, 1.82) is 0 Å². The van der Waals surface area contributed by atoms with Crippen molar-refractivity contribution in [3.8, 4) is 0 Å². The fourth-order valence-corrected chi connectivity index (χ4v) is 5.18. The Morgan fingerprint density at radius 2 is 1.54 bits per heavy atom. The first-order valence-electron chi connectivity index (χ1n) is 15.0. The quantitative estimate of drug-likeness (QED) is 0.164. The van der Waals surface area contributed by atoms with Gasteiger partial charge in [-0.3, -0.25) is 4.79 Å². The molecule has 2 saturated carbocycles. The summed E-state index contributed by atoms with van der Waals surface area (Å²) in [5, 5.41) is 22.9. The van der Waals surface area contributed by atoms with Crippen LogP contribution in [-0.4, -0.2) is 84.2 Å². The van der Waals surface area contributed by atoms with Crippen LogP contribution in [0.3, 0.4) is 0 Å². The molecule has 2 aromatic rings. The molecule has 2 aliphatic carbocycles. The normalized spacial score (nSPS) is 19.5. The van der Waals surface area contributed by atoms with E-state index in [9.17, 15) is 9.90 Å². The number of benzene rings is 1. The van der Waals surface area contributed by atoms with Crippen LogP contribution in [0.2, 0.25) is 0 Å². The van der Waals surface area contributed by atoms with Gasteiger partial charge in [0, 0.05) is 36.9 Å². The monoisotopic (exact) mass is 570 g/mol. The average Bonchev–Trinajstić information content (AvgIpc) is 2.99. The van der Waals surface area contributed by atoms with Crippen molar-refractivity contribution in [2.45, 2.75) is 69.9 Å². The molecule has 0 spiro atoms. The molecule has 2 aliphatic rings. The number of aromatic nitrogens is 3. The van der Waals surface area contributed by atoms with Gasteiger partial charge in [0.25, 0.3) is 5.91 Å². The topological polar surface area (TPSA) is 169 Å². The molecule has 41 heavy (non-hydrogen) atoms. The number of ether oxygens (including phenoxy) is 2. The molecule has 226 valence electrons. The minimum atomic E-state index is -0.221. The number of nitrogens with two attached hydrogens (primary N) is 1. The Hall–Kier alpha value is -3.06. The Morgan fingerprint density at radius 1 is 0.854 bits per heavy atom. The van der Waals surface area contributed by atoms with Crippen LogP contribution in [-0.2, 0) is 9.47 Å².